The second-order valence-electron chi connectivity index (χ2n) is 5.16. The molecule has 0 aliphatic carbocycles. The maximum atomic E-state index is 12.2. The number of benzene rings is 1. The van der Waals surface area contributed by atoms with Gasteiger partial charge in [-0.15, -0.1) is 0 Å². The summed E-state index contributed by atoms with van der Waals surface area (Å²) in [6.07, 6.45) is 3.82. The molecule has 5 heteroatoms. The molecule has 0 saturated carbocycles. The molecule has 0 spiro atoms. The van der Waals surface area contributed by atoms with Gasteiger partial charge in [-0.1, -0.05) is 0 Å². The van der Waals surface area contributed by atoms with Gasteiger partial charge in [0.2, 0.25) is 5.91 Å². The SMILES string of the molecule is Cc1cc2cn[nH]c2cc1NC(=O)C1CCCNC1. The molecule has 3 N–H and O–H groups in total. The number of carbonyl (C=O) groups is 1. The van der Waals surface area contributed by atoms with Crippen LogP contribution in [0.15, 0.2) is 18.3 Å². The van der Waals surface area contributed by atoms with Crippen LogP contribution in [0.3, 0.4) is 0 Å². The molecule has 5 nitrogen and oxygen atoms in total. The Morgan fingerprint density at radius 2 is 2.37 bits per heavy atom. The molecule has 0 radical (unpaired) electrons. The van der Waals surface area contributed by atoms with E-state index in [-0.39, 0.29) is 11.8 Å². The first kappa shape index (κ1) is 12.2. The first-order valence-corrected chi connectivity index (χ1v) is 6.69. The van der Waals surface area contributed by atoms with Crippen LogP contribution in [0.4, 0.5) is 5.69 Å². The average molecular weight is 258 g/mol. The monoisotopic (exact) mass is 258 g/mol. The number of rotatable bonds is 2. The molecule has 100 valence electrons. The summed E-state index contributed by atoms with van der Waals surface area (Å²) in [5, 5.41) is 14.3. The summed E-state index contributed by atoms with van der Waals surface area (Å²) in [7, 11) is 0. The third-order valence-corrected chi connectivity index (χ3v) is 3.71. The van der Waals surface area contributed by atoms with E-state index in [0.717, 1.165) is 48.1 Å². The zero-order valence-corrected chi connectivity index (χ0v) is 11.0. The van der Waals surface area contributed by atoms with Gasteiger partial charge < -0.3 is 10.6 Å². The van der Waals surface area contributed by atoms with E-state index in [1.165, 1.54) is 0 Å². The van der Waals surface area contributed by atoms with Crippen molar-refractivity contribution in [3.8, 4) is 0 Å². The summed E-state index contributed by atoms with van der Waals surface area (Å²) in [5.41, 5.74) is 2.88. The number of anilines is 1. The maximum Gasteiger partial charge on any atom is 0.228 e. The summed E-state index contributed by atoms with van der Waals surface area (Å²) in [6.45, 7) is 3.79. The van der Waals surface area contributed by atoms with Crippen LogP contribution in [-0.4, -0.2) is 29.2 Å². The summed E-state index contributed by atoms with van der Waals surface area (Å²) in [5.74, 6) is 0.180. The lowest BCUT2D eigenvalue weighted by Crippen LogP contribution is -2.37. The van der Waals surface area contributed by atoms with Gasteiger partial charge in [0.25, 0.3) is 0 Å². The Morgan fingerprint density at radius 1 is 1.47 bits per heavy atom. The number of aromatic amines is 1. The molecule has 1 aliphatic rings. The molecule has 2 heterocycles. The number of amides is 1. The molecule has 1 unspecified atom stereocenters. The number of nitrogens with one attached hydrogen (secondary N) is 3. The average Bonchev–Trinajstić information content (AvgIpc) is 2.87. The highest BCUT2D eigenvalue weighted by atomic mass is 16.1. The zero-order chi connectivity index (χ0) is 13.2. The summed E-state index contributed by atoms with van der Waals surface area (Å²) in [6, 6.07) is 3.99. The maximum absolute atomic E-state index is 12.2. The Balaban J connectivity index is 1.79. The van der Waals surface area contributed by atoms with E-state index in [2.05, 4.69) is 20.8 Å². The molecule has 1 saturated heterocycles. The van der Waals surface area contributed by atoms with Gasteiger partial charge in [-0.05, 0) is 44.0 Å². The van der Waals surface area contributed by atoms with Crippen LogP contribution in [0.2, 0.25) is 0 Å². The van der Waals surface area contributed by atoms with Crippen LogP contribution >= 0.6 is 0 Å². The second kappa shape index (κ2) is 5.01. The number of H-pyrrole nitrogens is 1. The second-order valence-corrected chi connectivity index (χ2v) is 5.16. The molecule has 19 heavy (non-hydrogen) atoms. The van der Waals surface area contributed by atoms with Crippen molar-refractivity contribution in [1.82, 2.24) is 15.5 Å². The van der Waals surface area contributed by atoms with Crippen LogP contribution in [0.25, 0.3) is 10.9 Å². The predicted molar refractivity (Wildman–Crippen MR) is 75.1 cm³/mol. The van der Waals surface area contributed by atoms with E-state index in [0.29, 0.717) is 0 Å². The summed E-state index contributed by atoms with van der Waals surface area (Å²) >= 11 is 0. The molecule has 1 aromatic carbocycles. The normalized spacial score (nSPS) is 19.5. The fraction of sp³-hybridized carbons (Fsp3) is 0.429. The van der Waals surface area contributed by atoms with E-state index >= 15 is 0 Å². The largest absolute Gasteiger partial charge is 0.325 e. The molecule has 3 rings (SSSR count). The lowest BCUT2D eigenvalue weighted by atomic mass is 9.98. The van der Waals surface area contributed by atoms with Crippen molar-refractivity contribution in [2.24, 2.45) is 5.92 Å². The van der Waals surface area contributed by atoms with Crippen molar-refractivity contribution >= 4 is 22.5 Å². The van der Waals surface area contributed by atoms with Gasteiger partial charge >= 0.3 is 0 Å². The minimum absolute atomic E-state index is 0.0746. The lowest BCUT2D eigenvalue weighted by molar-refractivity contribution is -0.120. The van der Waals surface area contributed by atoms with Gasteiger partial charge in [-0.25, -0.2) is 0 Å². The Kier molecular flexibility index (Phi) is 3.21. The van der Waals surface area contributed by atoms with Gasteiger partial charge in [0.05, 0.1) is 17.6 Å². The van der Waals surface area contributed by atoms with Gasteiger partial charge in [0.15, 0.2) is 0 Å². The van der Waals surface area contributed by atoms with Crippen LogP contribution in [0.5, 0.6) is 0 Å². The Bertz CT molecular complexity index is 599. The highest BCUT2D eigenvalue weighted by Gasteiger charge is 2.21. The summed E-state index contributed by atoms with van der Waals surface area (Å²) in [4.78, 5) is 12.2. The molecule has 2 aromatic rings. The lowest BCUT2D eigenvalue weighted by Gasteiger charge is -2.22. The molecule has 1 aromatic heterocycles. The number of fused-ring (bicyclic) bond motifs is 1. The molecule has 1 fully saturated rings. The smallest absolute Gasteiger partial charge is 0.228 e. The van der Waals surface area contributed by atoms with Crippen molar-refractivity contribution in [3.05, 3.63) is 23.9 Å². The first-order chi connectivity index (χ1) is 9.24. The fourth-order valence-electron chi connectivity index (χ4n) is 2.55. The van der Waals surface area contributed by atoms with Crippen molar-refractivity contribution < 1.29 is 4.79 Å². The van der Waals surface area contributed by atoms with E-state index in [1.807, 2.05) is 19.1 Å². The van der Waals surface area contributed by atoms with Crippen molar-refractivity contribution in [3.63, 3.8) is 0 Å². The van der Waals surface area contributed by atoms with Gasteiger partial charge in [-0.2, -0.15) is 5.10 Å². The van der Waals surface area contributed by atoms with Crippen LogP contribution in [-0.2, 0) is 4.79 Å². The Labute approximate surface area is 111 Å². The molecule has 1 amide bonds. The number of nitrogens with zero attached hydrogens (tertiary/aromatic N) is 1. The van der Waals surface area contributed by atoms with E-state index in [1.54, 1.807) is 6.20 Å². The van der Waals surface area contributed by atoms with E-state index < -0.39 is 0 Å². The number of carbonyl (C=O) groups excluding carboxylic acids is 1. The standard InChI is InChI=1S/C14H18N4O/c1-9-5-11-8-16-18-13(11)6-12(9)17-14(19)10-3-2-4-15-7-10/h5-6,8,10,15H,2-4,7H2,1H3,(H,16,18)(H,17,19). The third kappa shape index (κ3) is 2.46. The molecular weight excluding hydrogens is 240 g/mol. The topological polar surface area (TPSA) is 69.8 Å². The molecule has 1 atom stereocenters. The van der Waals surface area contributed by atoms with Crippen molar-refractivity contribution in [2.45, 2.75) is 19.8 Å². The predicted octanol–water partition coefficient (Wildman–Crippen LogP) is 1.81. The first-order valence-electron chi connectivity index (χ1n) is 6.69. The minimum atomic E-state index is 0.0746. The van der Waals surface area contributed by atoms with Gasteiger partial charge in [0, 0.05) is 17.6 Å². The quantitative estimate of drug-likeness (QED) is 0.769. The number of hydrogen-bond acceptors (Lipinski definition) is 3. The number of hydrogen-bond donors (Lipinski definition) is 3. The van der Waals surface area contributed by atoms with Crippen molar-refractivity contribution in [2.75, 3.05) is 18.4 Å². The molecule has 1 aliphatic heterocycles. The third-order valence-electron chi connectivity index (χ3n) is 3.71. The summed E-state index contributed by atoms with van der Waals surface area (Å²) < 4.78 is 0. The molecular formula is C14H18N4O. The number of piperidine rings is 1. The molecule has 0 bridgehead atoms. The van der Waals surface area contributed by atoms with Crippen LogP contribution < -0.4 is 10.6 Å². The van der Waals surface area contributed by atoms with Gasteiger partial charge in [0.1, 0.15) is 0 Å². The van der Waals surface area contributed by atoms with Crippen LogP contribution in [0.1, 0.15) is 18.4 Å². The number of aromatic nitrogens is 2. The van der Waals surface area contributed by atoms with Gasteiger partial charge in [-0.3, -0.25) is 9.89 Å². The zero-order valence-electron chi connectivity index (χ0n) is 11.0. The Morgan fingerprint density at radius 3 is 3.16 bits per heavy atom. The Hall–Kier alpha value is -1.88. The highest BCUT2D eigenvalue weighted by molar-refractivity contribution is 5.96. The van der Waals surface area contributed by atoms with Crippen LogP contribution in [0, 0.1) is 12.8 Å². The minimum Gasteiger partial charge on any atom is -0.325 e. The van der Waals surface area contributed by atoms with Crippen molar-refractivity contribution in [1.29, 1.82) is 0 Å². The number of aryl methyl sites for hydroxylation is 1. The van der Waals surface area contributed by atoms with E-state index in [4.69, 9.17) is 0 Å². The highest BCUT2D eigenvalue weighted by Crippen LogP contribution is 2.23. The fourth-order valence-corrected chi connectivity index (χ4v) is 2.55. The van der Waals surface area contributed by atoms with E-state index in [9.17, 15) is 4.79 Å².